The number of fused-ring (bicyclic) bond motifs is 1. The van der Waals surface area contributed by atoms with Crippen molar-refractivity contribution in [3.05, 3.63) is 36.3 Å². The van der Waals surface area contributed by atoms with E-state index >= 15 is 0 Å². The molecule has 0 radical (unpaired) electrons. The number of benzene rings is 1. The maximum absolute atomic E-state index is 14.4. The molecule has 4 rings (SSSR count). The minimum Gasteiger partial charge on any atom is -0.490 e. The number of alkyl carbamates (subject to hydrolysis) is 1. The van der Waals surface area contributed by atoms with E-state index in [1.165, 1.54) is 12.3 Å². The highest BCUT2D eigenvalue weighted by Crippen LogP contribution is 2.32. The van der Waals surface area contributed by atoms with Crippen LogP contribution in [0.15, 0.2) is 34.9 Å². The first-order valence-electron chi connectivity index (χ1n) is 11.0. The van der Waals surface area contributed by atoms with Crippen LogP contribution in [0, 0.1) is 11.7 Å². The summed E-state index contributed by atoms with van der Waals surface area (Å²) in [5.74, 6) is 0.910. The molecule has 1 saturated carbocycles. The Morgan fingerprint density at radius 1 is 1.27 bits per heavy atom. The Labute approximate surface area is 191 Å². The number of rotatable bonds is 8. The summed E-state index contributed by atoms with van der Waals surface area (Å²) < 4.78 is 36.6. The van der Waals surface area contributed by atoms with E-state index in [2.05, 4.69) is 15.3 Å². The zero-order valence-corrected chi connectivity index (χ0v) is 19.2. The number of nitrogens with one attached hydrogen (secondary N) is 1. The van der Waals surface area contributed by atoms with Crippen molar-refractivity contribution in [1.82, 2.24) is 15.3 Å². The molecular formula is C24H28FN3O5. The normalized spacial score (nSPS) is 14.7. The number of halogens is 1. The summed E-state index contributed by atoms with van der Waals surface area (Å²) >= 11 is 0. The van der Waals surface area contributed by atoms with E-state index in [4.69, 9.17) is 18.6 Å². The molecule has 0 bridgehead atoms. The molecule has 1 aliphatic rings. The molecule has 1 amide bonds. The van der Waals surface area contributed by atoms with E-state index in [-0.39, 0.29) is 24.3 Å². The number of hydrogen-bond acceptors (Lipinski definition) is 7. The zero-order valence-electron chi connectivity index (χ0n) is 19.2. The minimum atomic E-state index is -0.575. The van der Waals surface area contributed by atoms with Crippen molar-refractivity contribution in [2.45, 2.75) is 52.2 Å². The highest BCUT2D eigenvalue weighted by Gasteiger charge is 2.23. The Morgan fingerprint density at radius 3 is 2.76 bits per heavy atom. The van der Waals surface area contributed by atoms with Crippen LogP contribution >= 0.6 is 0 Å². The van der Waals surface area contributed by atoms with E-state index in [1.54, 1.807) is 45.9 Å². The third-order valence-corrected chi connectivity index (χ3v) is 4.84. The molecule has 33 heavy (non-hydrogen) atoms. The number of oxazole rings is 1. The number of aromatic nitrogens is 2. The molecule has 8 nitrogen and oxygen atoms in total. The van der Waals surface area contributed by atoms with Crippen LogP contribution < -0.4 is 14.8 Å². The molecule has 1 aliphatic carbocycles. The van der Waals surface area contributed by atoms with Crippen LogP contribution in [0.2, 0.25) is 0 Å². The highest BCUT2D eigenvalue weighted by atomic mass is 19.1. The van der Waals surface area contributed by atoms with Gasteiger partial charge in [-0.25, -0.2) is 19.2 Å². The van der Waals surface area contributed by atoms with Gasteiger partial charge in [-0.1, -0.05) is 0 Å². The van der Waals surface area contributed by atoms with Crippen LogP contribution in [0.4, 0.5) is 9.18 Å². The van der Waals surface area contributed by atoms with Gasteiger partial charge >= 0.3 is 6.09 Å². The summed E-state index contributed by atoms with van der Waals surface area (Å²) in [6.07, 6.45) is 3.29. The molecule has 3 aromatic rings. The predicted octanol–water partition coefficient (Wildman–Crippen LogP) is 5.11. The fraction of sp³-hybridized carbons (Fsp3) is 0.458. The SMILES string of the molecule is C[C@@H](COc1cc2oc(-c3ccc(OCC4CC4)c(F)c3)nc2cn1)NC(=O)OC(C)(C)C. The van der Waals surface area contributed by atoms with Gasteiger partial charge in [0.15, 0.2) is 17.1 Å². The van der Waals surface area contributed by atoms with Gasteiger partial charge in [0.25, 0.3) is 0 Å². The standard InChI is InChI=1S/C24H28FN3O5/c1-14(27-23(29)33-24(2,3)4)12-31-21-10-20-18(11-26-21)28-22(32-20)16-7-8-19(17(25)9-16)30-13-15-5-6-15/h7-11,14-15H,5-6,12-13H2,1-4H3,(H,27,29)/t14-/m0/s1. The molecule has 1 aromatic carbocycles. The lowest BCUT2D eigenvalue weighted by Crippen LogP contribution is -2.40. The second-order valence-corrected chi connectivity index (χ2v) is 9.27. The van der Waals surface area contributed by atoms with Gasteiger partial charge < -0.3 is 23.9 Å². The number of amides is 1. The van der Waals surface area contributed by atoms with E-state index < -0.39 is 17.5 Å². The lowest BCUT2D eigenvalue weighted by Gasteiger charge is -2.21. The third kappa shape index (κ3) is 6.34. The fourth-order valence-corrected chi connectivity index (χ4v) is 3.02. The first-order chi connectivity index (χ1) is 15.7. The molecule has 1 N–H and O–H groups in total. The average molecular weight is 458 g/mol. The van der Waals surface area contributed by atoms with Gasteiger partial charge in [0.1, 0.15) is 17.7 Å². The number of carbonyl (C=O) groups excluding carboxylic acids is 1. The molecule has 1 atom stereocenters. The second-order valence-electron chi connectivity index (χ2n) is 9.27. The van der Waals surface area contributed by atoms with Crippen LogP contribution in [-0.2, 0) is 4.74 Å². The van der Waals surface area contributed by atoms with Crippen LogP contribution in [0.25, 0.3) is 22.6 Å². The smallest absolute Gasteiger partial charge is 0.407 e. The fourth-order valence-electron chi connectivity index (χ4n) is 3.02. The van der Waals surface area contributed by atoms with Crippen molar-refractivity contribution in [3.63, 3.8) is 0 Å². The maximum atomic E-state index is 14.4. The molecular weight excluding hydrogens is 429 g/mol. The van der Waals surface area contributed by atoms with Crippen molar-refractivity contribution < 1.29 is 27.8 Å². The minimum absolute atomic E-state index is 0.187. The molecule has 0 aliphatic heterocycles. The Kier molecular flexibility index (Phi) is 6.40. The summed E-state index contributed by atoms with van der Waals surface area (Å²) in [5.41, 5.74) is 0.901. The summed E-state index contributed by atoms with van der Waals surface area (Å²) in [5, 5.41) is 2.70. The molecule has 0 unspecified atom stereocenters. The molecule has 0 spiro atoms. The lowest BCUT2D eigenvalue weighted by molar-refractivity contribution is 0.0493. The van der Waals surface area contributed by atoms with E-state index in [0.29, 0.717) is 35.1 Å². The number of hydrogen-bond donors (Lipinski definition) is 1. The predicted molar refractivity (Wildman–Crippen MR) is 120 cm³/mol. The first-order valence-corrected chi connectivity index (χ1v) is 11.0. The van der Waals surface area contributed by atoms with Crippen molar-refractivity contribution in [2.75, 3.05) is 13.2 Å². The Hall–Kier alpha value is -3.36. The van der Waals surface area contributed by atoms with Gasteiger partial charge in [-0.2, -0.15) is 0 Å². The van der Waals surface area contributed by atoms with Gasteiger partial charge in [-0.3, -0.25) is 0 Å². The monoisotopic (exact) mass is 457 g/mol. The topological polar surface area (TPSA) is 95.7 Å². The molecule has 0 saturated heterocycles. The largest absolute Gasteiger partial charge is 0.490 e. The third-order valence-electron chi connectivity index (χ3n) is 4.84. The Balaban J connectivity index is 1.38. The summed E-state index contributed by atoms with van der Waals surface area (Å²) in [7, 11) is 0. The summed E-state index contributed by atoms with van der Waals surface area (Å²) in [6.45, 7) is 7.91. The molecule has 176 valence electrons. The highest BCUT2D eigenvalue weighted by molar-refractivity contribution is 5.76. The number of ether oxygens (including phenoxy) is 3. The number of nitrogens with zero attached hydrogens (tertiary/aromatic N) is 2. The van der Waals surface area contributed by atoms with Crippen LogP contribution in [0.3, 0.4) is 0 Å². The van der Waals surface area contributed by atoms with Crippen molar-refractivity contribution >= 4 is 17.2 Å². The van der Waals surface area contributed by atoms with E-state index in [9.17, 15) is 9.18 Å². The van der Waals surface area contributed by atoms with Gasteiger partial charge in [-0.15, -0.1) is 0 Å². The van der Waals surface area contributed by atoms with Gasteiger partial charge in [0.2, 0.25) is 11.8 Å². The van der Waals surface area contributed by atoms with Gasteiger partial charge in [0.05, 0.1) is 18.8 Å². The molecule has 2 aromatic heterocycles. The summed E-state index contributed by atoms with van der Waals surface area (Å²) in [6, 6.07) is 5.96. The van der Waals surface area contributed by atoms with Crippen LogP contribution in [0.1, 0.15) is 40.5 Å². The Bertz CT molecular complexity index is 1140. The Morgan fingerprint density at radius 2 is 2.06 bits per heavy atom. The van der Waals surface area contributed by atoms with Crippen molar-refractivity contribution in [3.8, 4) is 23.1 Å². The lowest BCUT2D eigenvalue weighted by atomic mass is 10.2. The van der Waals surface area contributed by atoms with Gasteiger partial charge in [0, 0.05) is 11.6 Å². The maximum Gasteiger partial charge on any atom is 0.407 e. The number of carbonyl (C=O) groups is 1. The van der Waals surface area contributed by atoms with Crippen LogP contribution in [-0.4, -0.2) is 40.9 Å². The van der Waals surface area contributed by atoms with E-state index in [1.807, 2.05) is 0 Å². The van der Waals surface area contributed by atoms with Gasteiger partial charge in [-0.05, 0) is 64.7 Å². The van der Waals surface area contributed by atoms with Crippen LogP contribution in [0.5, 0.6) is 11.6 Å². The molecule has 1 fully saturated rings. The second kappa shape index (κ2) is 9.25. The van der Waals surface area contributed by atoms with Crippen molar-refractivity contribution in [1.29, 1.82) is 0 Å². The first kappa shape index (κ1) is 22.8. The molecule has 9 heteroatoms. The van der Waals surface area contributed by atoms with E-state index in [0.717, 1.165) is 12.8 Å². The summed E-state index contributed by atoms with van der Waals surface area (Å²) in [4.78, 5) is 20.4. The van der Waals surface area contributed by atoms with Crippen molar-refractivity contribution in [2.24, 2.45) is 5.92 Å². The number of pyridine rings is 1. The zero-order chi connectivity index (χ0) is 23.6. The quantitative estimate of drug-likeness (QED) is 0.502. The molecule has 2 heterocycles. The average Bonchev–Trinajstić information content (AvgIpc) is 3.46.